The molecule has 2 heterocycles. The van der Waals surface area contributed by atoms with Crippen LogP contribution in [0.4, 0.5) is 0 Å². The summed E-state index contributed by atoms with van der Waals surface area (Å²) in [7, 11) is 0. The van der Waals surface area contributed by atoms with Gasteiger partial charge in [0, 0.05) is 17.8 Å². The van der Waals surface area contributed by atoms with Gasteiger partial charge in [0.15, 0.2) is 0 Å². The second-order valence-corrected chi connectivity index (χ2v) is 10.7. The van der Waals surface area contributed by atoms with Crippen LogP contribution in [0.3, 0.4) is 0 Å². The lowest BCUT2D eigenvalue weighted by atomic mass is 9.87. The number of fused-ring (bicyclic) bond motifs is 1. The fourth-order valence-corrected chi connectivity index (χ4v) is 4.52. The van der Waals surface area contributed by atoms with E-state index in [1.165, 1.54) is 0 Å². The first-order chi connectivity index (χ1) is 16.0. The summed E-state index contributed by atoms with van der Waals surface area (Å²) in [6.45, 7) is 6.49. The summed E-state index contributed by atoms with van der Waals surface area (Å²) < 4.78 is 0. The number of piperidine rings is 1. The Hall–Kier alpha value is -2.76. The van der Waals surface area contributed by atoms with E-state index in [-0.39, 0.29) is 29.4 Å². The summed E-state index contributed by atoms with van der Waals surface area (Å²) in [4.78, 5) is 41.2. The Bertz CT molecular complexity index is 1090. The molecule has 3 rings (SSSR count). The molecular formula is C24H29Cl2N5O3. The standard InChI is InChI=1S/C24H29Cl2N5O3/c1-24(2,3)11-19(23(34)29-14(12-27)9-13-5-4-8-28-21(13)32)31-22(33)18-10-15-16(25)6-7-17(26)20(15)30-18/h6-7,10,13-14,19,30H,4-5,8-9,11H2,1-3H3,(H,28,32)(H,29,34)(H,31,33). The molecule has 1 aromatic carbocycles. The van der Waals surface area contributed by atoms with Gasteiger partial charge in [-0.2, -0.15) is 5.26 Å². The highest BCUT2D eigenvalue weighted by atomic mass is 35.5. The second-order valence-electron chi connectivity index (χ2n) is 9.85. The Balaban J connectivity index is 1.75. The SMILES string of the molecule is CC(C)(C)CC(NC(=O)c1cc2c(Cl)ccc(Cl)c2[nH]1)C(=O)NC(C#N)CC1CCCNC1=O. The van der Waals surface area contributed by atoms with Crippen LogP contribution in [0, 0.1) is 22.7 Å². The minimum atomic E-state index is -0.888. The zero-order valence-corrected chi connectivity index (χ0v) is 20.9. The molecule has 1 fully saturated rings. The molecule has 1 aliphatic heterocycles. The molecule has 182 valence electrons. The third kappa shape index (κ3) is 6.43. The number of hydrogen-bond acceptors (Lipinski definition) is 4. The van der Waals surface area contributed by atoms with Gasteiger partial charge in [-0.15, -0.1) is 0 Å². The van der Waals surface area contributed by atoms with Crippen LogP contribution in [0.1, 0.15) is 56.9 Å². The molecule has 8 nitrogen and oxygen atoms in total. The molecule has 0 spiro atoms. The lowest BCUT2D eigenvalue weighted by molar-refractivity contribution is -0.128. The van der Waals surface area contributed by atoms with Gasteiger partial charge in [0.05, 0.1) is 21.6 Å². The first kappa shape index (κ1) is 25.9. The Morgan fingerprint density at radius 2 is 1.94 bits per heavy atom. The lowest BCUT2D eigenvalue weighted by Crippen LogP contribution is -2.51. The first-order valence-corrected chi connectivity index (χ1v) is 12.0. The van der Waals surface area contributed by atoms with Crippen LogP contribution in [-0.4, -0.2) is 41.3 Å². The number of rotatable bonds is 7. The molecule has 2 aromatic rings. The summed E-state index contributed by atoms with van der Waals surface area (Å²) in [5.41, 5.74) is 0.465. The Kier molecular flexibility index (Phi) is 8.11. The largest absolute Gasteiger partial charge is 0.356 e. The molecule has 0 radical (unpaired) electrons. The maximum Gasteiger partial charge on any atom is 0.268 e. The number of H-pyrrole nitrogens is 1. The topological polar surface area (TPSA) is 127 Å². The second kappa shape index (κ2) is 10.7. The van der Waals surface area contributed by atoms with Gasteiger partial charge in [-0.3, -0.25) is 14.4 Å². The number of hydrogen-bond donors (Lipinski definition) is 4. The van der Waals surface area contributed by atoms with Gasteiger partial charge < -0.3 is 20.9 Å². The number of nitriles is 1. The van der Waals surface area contributed by atoms with Crippen LogP contribution in [0.5, 0.6) is 0 Å². The molecule has 0 bridgehead atoms. The molecule has 3 unspecified atom stereocenters. The van der Waals surface area contributed by atoms with Crippen LogP contribution in [0.25, 0.3) is 10.9 Å². The molecule has 3 amide bonds. The number of aromatic amines is 1. The van der Waals surface area contributed by atoms with E-state index in [0.29, 0.717) is 40.3 Å². The first-order valence-electron chi connectivity index (χ1n) is 11.2. The Morgan fingerprint density at radius 1 is 1.24 bits per heavy atom. The molecule has 1 saturated heterocycles. The zero-order chi connectivity index (χ0) is 25.0. The van der Waals surface area contributed by atoms with Crippen molar-refractivity contribution in [2.24, 2.45) is 11.3 Å². The van der Waals surface area contributed by atoms with Crippen molar-refractivity contribution in [3.05, 3.63) is 33.9 Å². The van der Waals surface area contributed by atoms with Gasteiger partial charge in [-0.1, -0.05) is 44.0 Å². The third-order valence-electron chi connectivity index (χ3n) is 5.76. The molecule has 34 heavy (non-hydrogen) atoms. The highest BCUT2D eigenvalue weighted by Gasteiger charge is 2.31. The highest BCUT2D eigenvalue weighted by Crippen LogP contribution is 2.30. The van der Waals surface area contributed by atoms with E-state index >= 15 is 0 Å². The van der Waals surface area contributed by atoms with Crippen molar-refractivity contribution >= 4 is 51.8 Å². The maximum atomic E-state index is 13.1. The van der Waals surface area contributed by atoms with E-state index in [2.05, 4.69) is 27.0 Å². The van der Waals surface area contributed by atoms with Gasteiger partial charge >= 0.3 is 0 Å². The maximum absolute atomic E-state index is 13.1. The van der Waals surface area contributed by atoms with Gasteiger partial charge in [0.1, 0.15) is 17.8 Å². The van der Waals surface area contributed by atoms with Gasteiger partial charge in [-0.05, 0) is 49.3 Å². The predicted molar refractivity (Wildman–Crippen MR) is 132 cm³/mol. The summed E-state index contributed by atoms with van der Waals surface area (Å²) in [5.74, 6) is -1.39. The average molecular weight is 506 g/mol. The highest BCUT2D eigenvalue weighted by molar-refractivity contribution is 6.40. The Labute approximate surface area is 208 Å². The van der Waals surface area contributed by atoms with Crippen LogP contribution in [0.15, 0.2) is 18.2 Å². The van der Waals surface area contributed by atoms with Crippen LogP contribution < -0.4 is 16.0 Å². The molecule has 4 N–H and O–H groups in total. The number of nitrogens with zero attached hydrogens (tertiary/aromatic N) is 1. The number of nitrogens with one attached hydrogen (secondary N) is 4. The molecule has 10 heteroatoms. The van der Waals surface area contributed by atoms with Crippen LogP contribution in [0.2, 0.25) is 10.0 Å². The summed E-state index contributed by atoms with van der Waals surface area (Å²) in [5, 5.41) is 19.3. The predicted octanol–water partition coefficient (Wildman–Crippen LogP) is 3.93. The lowest BCUT2D eigenvalue weighted by Gasteiger charge is -2.28. The summed E-state index contributed by atoms with van der Waals surface area (Å²) in [6, 6.07) is 5.21. The van der Waals surface area contributed by atoms with Crippen molar-refractivity contribution in [2.45, 2.75) is 58.5 Å². The van der Waals surface area contributed by atoms with Crippen LogP contribution >= 0.6 is 23.2 Å². The van der Waals surface area contributed by atoms with Crippen molar-refractivity contribution in [2.75, 3.05) is 6.54 Å². The smallest absolute Gasteiger partial charge is 0.268 e. The number of aromatic nitrogens is 1. The van der Waals surface area contributed by atoms with E-state index in [1.54, 1.807) is 18.2 Å². The fourth-order valence-electron chi connectivity index (χ4n) is 4.09. The van der Waals surface area contributed by atoms with Crippen molar-refractivity contribution < 1.29 is 14.4 Å². The monoisotopic (exact) mass is 505 g/mol. The third-order valence-corrected chi connectivity index (χ3v) is 6.41. The Morgan fingerprint density at radius 3 is 2.56 bits per heavy atom. The minimum Gasteiger partial charge on any atom is -0.356 e. The number of amides is 3. The number of carbonyl (C=O) groups is 3. The molecule has 1 aromatic heterocycles. The van der Waals surface area contributed by atoms with Crippen molar-refractivity contribution in [1.29, 1.82) is 5.26 Å². The average Bonchev–Trinajstić information content (AvgIpc) is 3.23. The normalized spacial score (nSPS) is 18.0. The van der Waals surface area contributed by atoms with E-state index in [9.17, 15) is 19.6 Å². The quantitative estimate of drug-likeness (QED) is 0.454. The van der Waals surface area contributed by atoms with E-state index < -0.39 is 23.9 Å². The van der Waals surface area contributed by atoms with Gasteiger partial charge in [-0.25, -0.2) is 0 Å². The summed E-state index contributed by atoms with van der Waals surface area (Å²) in [6.07, 6.45) is 2.08. The number of benzene rings is 1. The van der Waals surface area contributed by atoms with Crippen molar-refractivity contribution in [3.8, 4) is 6.07 Å². The van der Waals surface area contributed by atoms with E-state index in [4.69, 9.17) is 23.2 Å². The van der Waals surface area contributed by atoms with E-state index in [0.717, 1.165) is 6.42 Å². The molecular weight excluding hydrogens is 477 g/mol. The fraction of sp³-hybridized carbons (Fsp3) is 0.500. The molecule has 3 atom stereocenters. The van der Waals surface area contributed by atoms with E-state index in [1.807, 2.05) is 20.8 Å². The molecule has 0 aliphatic carbocycles. The van der Waals surface area contributed by atoms with Gasteiger partial charge in [0.2, 0.25) is 11.8 Å². The van der Waals surface area contributed by atoms with Crippen LogP contribution in [-0.2, 0) is 9.59 Å². The molecule has 1 aliphatic rings. The molecule has 0 saturated carbocycles. The van der Waals surface area contributed by atoms with Crippen molar-refractivity contribution in [3.63, 3.8) is 0 Å². The summed E-state index contributed by atoms with van der Waals surface area (Å²) >= 11 is 12.4. The zero-order valence-electron chi connectivity index (χ0n) is 19.4. The number of halogens is 2. The minimum absolute atomic E-state index is 0.101. The van der Waals surface area contributed by atoms with Gasteiger partial charge in [0.25, 0.3) is 5.91 Å². The van der Waals surface area contributed by atoms with Crippen molar-refractivity contribution in [1.82, 2.24) is 20.9 Å². The number of carbonyl (C=O) groups excluding carboxylic acids is 3.